The molecule has 1 aliphatic heterocycles. The SMILES string of the molecule is CCOc1cccc(C2c3c(oc4cc(C)c(C)cc4c3=O)C(=O)N2c2ccc(C)c(C)c2)c1. The van der Waals surface area contributed by atoms with Gasteiger partial charge >= 0.3 is 0 Å². The molecule has 2 heterocycles. The lowest BCUT2D eigenvalue weighted by atomic mass is 9.97. The molecule has 0 saturated heterocycles. The van der Waals surface area contributed by atoms with E-state index in [1.807, 2.05) is 89.2 Å². The van der Waals surface area contributed by atoms with Crippen LogP contribution in [0.15, 0.2) is 63.8 Å². The first-order valence-electron chi connectivity index (χ1n) is 11.5. The second-order valence-electron chi connectivity index (χ2n) is 8.96. The van der Waals surface area contributed by atoms with Crippen LogP contribution in [0.4, 0.5) is 5.69 Å². The van der Waals surface area contributed by atoms with Gasteiger partial charge in [-0.25, -0.2) is 0 Å². The molecular weight excluding hydrogens is 426 g/mol. The summed E-state index contributed by atoms with van der Waals surface area (Å²) in [5.74, 6) is 0.477. The Balaban J connectivity index is 1.81. The maximum Gasteiger partial charge on any atom is 0.295 e. The molecule has 5 nitrogen and oxygen atoms in total. The van der Waals surface area contributed by atoms with Crippen molar-refractivity contribution in [1.29, 1.82) is 0 Å². The molecular formula is C29H27NO4. The van der Waals surface area contributed by atoms with Gasteiger partial charge in [0.1, 0.15) is 11.3 Å². The molecule has 172 valence electrons. The fourth-order valence-corrected chi connectivity index (χ4v) is 4.63. The Labute approximate surface area is 198 Å². The van der Waals surface area contributed by atoms with E-state index < -0.39 is 6.04 Å². The van der Waals surface area contributed by atoms with Crippen LogP contribution in [0.1, 0.15) is 56.9 Å². The topological polar surface area (TPSA) is 59.8 Å². The third kappa shape index (κ3) is 3.39. The third-order valence-electron chi connectivity index (χ3n) is 6.74. The highest BCUT2D eigenvalue weighted by Gasteiger charge is 2.43. The summed E-state index contributed by atoms with van der Waals surface area (Å²) >= 11 is 0. The quantitative estimate of drug-likeness (QED) is 0.370. The smallest absolute Gasteiger partial charge is 0.295 e. The summed E-state index contributed by atoms with van der Waals surface area (Å²) in [5, 5.41) is 0.488. The molecule has 1 aromatic heterocycles. The van der Waals surface area contributed by atoms with E-state index in [0.29, 0.717) is 28.9 Å². The molecule has 0 fully saturated rings. The summed E-state index contributed by atoms with van der Waals surface area (Å²) in [4.78, 5) is 29.3. The summed E-state index contributed by atoms with van der Waals surface area (Å²) < 4.78 is 11.9. The van der Waals surface area contributed by atoms with E-state index in [4.69, 9.17) is 9.15 Å². The molecule has 0 bridgehead atoms. The number of amides is 1. The van der Waals surface area contributed by atoms with Crippen LogP contribution in [0.5, 0.6) is 5.75 Å². The number of aryl methyl sites for hydroxylation is 4. The first-order chi connectivity index (χ1) is 16.3. The maximum atomic E-state index is 13.9. The molecule has 0 N–H and O–H groups in total. The summed E-state index contributed by atoms with van der Waals surface area (Å²) in [5.41, 5.74) is 6.36. The minimum Gasteiger partial charge on any atom is -0.494 e. The zero-order chi connectivity index (χ0) is 24.1. The Morgan fingerprint density at radius 3 is 2.35 bits per heavy atom. The maximum absolute atomic E-state index is 13.9. The van der Waals surface area contributed by atoms with Gasteiger partial charge in [-0.3, -0.25) is 14.5 Å². The minimum atomic E-state index is -0.618. The first kappa shape index (κ1) is 22.0. The van der Waals surface area contributed by atoms with Crippen LogP contribution in [0, 0.1) is 27.7 Å². The first-order valence-corrected chi connectivity index (χ1v) is 11.5. The van der Waals surface area contributed by atoms with Crippen molar-refractivity contribution < 1.29 is 13.9 Å². The zero-order valence-corrected chi connectivity index (χ0v) is 20.1. The van der Waals surface area contributed by atoms with Gasteiger partial charge in [-0.15, -0.1) is 0 Å². The lowest BCUT2D eigenvalue weighted by Crippen LogP contribution is -2.29. The van der Waals surface area contributed by atoms with Crippen LogP contribution in [0.3, 0.4) is 0 Å². The fourth-order valence-electron chi connectivity index (χ4n) is 4.63. The Morgan fingerprint density at radius 2 is 1.62 bits per heavy atom. The molecule has 3 aromatic carbocycles. The average molecular weight is 454 g/mol. The van der Waals surface area contributed by atoms with Gasteiger partial charge in [0.05, 0.1) is 23.6 Å². The molecule has 1 aliphatic rings. The van der Waals surface area contributed by atoms with Crippen LogP contribution >= 0.6 is 0 Å². The van der Waals surface area contributed by atoms with Crippen LogP contribution in [0.25, 0.3) is 11.0 Å². The van der Waals surface area contributed by atoms with Gasteiger partial charge in [0.25, 0.3) is 5.91 Å². The van der Waals surface area contributed by atoms with Gasteiger partial charge < -0.3 is 9.15 Å². The molecule has 1 atom stereocenters. The van der Waals surface area contributed by atoms with E-state index >= 15 is 0 Å². The van der Waals surface area contributed by atoms with E-state index in [0.717, 1.165) is 33.5 Å². The summed E-state index contributed by atoms with van der Waals surface area (Å²) in [6.07, 6.45) is 0. The molecule has 5 rings (SSSR count). The normalized spacial score (nSPS) is 15.1. The van der Waals surface area contributed by atoms with Gasteiger partial charge in [-0.2, -0.15) is 0 Å². The van der Waals surface area contributed by atoms with Crippen LogP contribution in [-0.4, -0.2) is 12.5 Å². The highest BCUT2D eigenvalue weighted by Crippen LogP contribution is 2.42. The van der Waals surface area contributed by atoms with Crippen molar-refractivity contribution in [3.8, 4) is 5.75 Å². The van der Waals surface area contributed by atoms with Crippen LogP contribution in [-0.2, 0) is 0 Å². The number of hydrogen-bond acceptors (Lipinski definition) is 4. The number of carbonyl (C=O) groups is 1. The lowest BCUT2D eigenvalue weighted by Gasteiger charge is -2.26. The predicted molar refractivity (Wildman–Crippen MR) is 134 cm³/mol. The van der Waals surface area contributed by atoms with Crippen molar-refractivity contribution in [2.24, 2.45) is 0 Å². The molecule has 0 saturated carbocycles. The second-order valence-corrected chi connectivity index (χ2v) is 8.96. The summed E-state index contributed by atoms with van der Waals surface area (Å²) in [7, 11) is 0. The Bertz CT molecular complexity index is 1520. The number of carbonyl (C=O) groups excluding carboxylic acids is 1. The minimum absolute atomic E-state index is 0.103. The van der Waals surface area contributed by atoms with Crippen molar-refractivity contribution in [2.75, 3.05) is 11.5 Å². The molecule has 0 spiro atoms. The van der Waals surface area contributed by atoms with Gasteiger partial charge in [0.15, 0.2) is 5.43 Å². The Morgan fingerprint density at radius 1 is 0.882 bits per heavy atom. The molecule has 0 radical (unpaired) electrons. The number of anilines is 1. The lowest BCUT2D eigenvalue weighted by molar-refractivity contribution is 0.0971. The highest BCUT2D eigenvalue weighted by molar-refractivity contribution is 6.10. The van der Waals surface area contributed by atoms with Crippen molar-refractivity contribution in [3.63, 3.8) is 0 Å². The fraction of sp³-hybridized carbons (Fsp3) is 0.241. The monoisotopic (exact) mass is 453 g/mol. The number of ether oxygens (including phenoxy) is 1. The number of nitrogens with zero attached hydrogens (tertiary/aromatic N) is 1. The highest BCUT2D eigenvalue weighted by atomic mass is 16.5. The molecule has 4 aromatic rings. The second kappa shape index (κ2) is 8.17. The summed E-state index contributed by atoms with van der Waals surface area (Å²) in [6, 6.07) is 16.6. The number of benzene rings is 3. The van der Waals surface area contributed by atoms with Crippen LogP contribution < -0.4 is 15.1 Å². The van der Waals surface area contributed by atoms with E-state index in [1.54, 1.807) is 4.90 Å². The zero-order valence-electron chi connectivity index (χ0n) is 20.1. The number of rotatable bonds is 4. The van der Waals surface area contributed by atoms with Gasteiger partial charge in [-0.1, -0.05) is 18.2 Å². The Kier molecular flexibility index (Phi) is 5.28. The van der Waals surface area contributed by atoms with Crippen molar-refractivity contribution >= 4 is 22.6 Å². The van der Waals surface area contributed by atoms with E-state index in [1.165, 1.54) is 0 Å². The van der Waals surface area contributed by atoms with E-state index in [2.05, 4.69) is 0 Å². The van der Waals surface area contributed by atoms with E-state index in [-0.39, 0.29) is 17.1 Å². The number of fused-ring (bicyclic) bond motifs is 2. The standard InChI is InChI=1S/C29H27NO4/c1-6-33-22-9-7-8-20(15-22)26-25-27(31)23-13-18(4)19(5)14-24(23)34-28(25)29(32)30(26)21-11-10-16(2)17(3)12-21/h7-15,26H,6H2,1-5H3. The molecule has 0 aliphatic carbocycles. The average Bonchev–Trinajstić information content (AvgIpc) is 3.10. The van der Waals surface area contributed by atoms with Crippen molar-refractivity contribution in [1.82, 2.24) is 0 Å². The van der Waals surface area contributed by atoms with Crippen molar-refractivity contribution in [3.05, 3.63) is 104 Å². The third-order valence-corrected chi connectivity index (χ3v) is 6.74. The molecule has 5 heteroatoms. The Hall–Kier alpha value is -3.86. The summed E-state index contributed by atoms with van der Waals surface area (Å²) in [6.45, 7) is 10.4. The van der Waals surface area contributed by atoms with Gasteiger partial charge in [-0.05, 0) is 98.8 Å². The van der Waals surface area contributed by atoms with E-state index in [9.17, 15) is 9.59 Å². The molecule has 34 heavy (non-hydrogen) atoms. The van der Waals surface area contributed by atoms with Gasteiger partial charge in [0, 0.05) is 5.69 Å². The largest absolute Gasteiger partial charge is 0.494 e. The predicted octanol–water partition coefficient (Wildman–Crippen LogP) is 6.18. The molecule has 1 unspecified atom stereocenters. The van der Waals surface area contributed by atoms with Crippen molar-refractivity contribution in [2.45, 2.75) is 40.7 Å². The number of hydrogen-bond donors (Lipinski definition) is 0. The van der Waals surface area contributed by atoms with Gasteiger partial charge in [0.2, 0.25) is 5.76 Å². The van der Waals surface area contributed by atoms with Crippen LogP contribution in [0.2, 0.25) is 0 Å². The molecule has 1 amide bonds.